The molecule has 1 aliphatic carbocycles. The molecule has 0 aromatic rings. The normalized spacial score (nSPS) is 32.2. The summed E-state index contributed by atoms with van der Waals surface area (Å²) in [5, 5.41) is 2.45. The molecule has 2 aliphatic rings. The van der Waals surface area contributed by atoms with Crippen molar-refractivity contribution >= 4 is 11.7 Å². The van der Waals surface area contributed by atoms with Crippen LogP contribution in [0.4, 0.5) is 18.0 Å². The predicted molar refractivity (Wildman–Crippen MR) is 43.2 cm³/mol. The van der Waals surface area contributed by atoms with Crippen molar-refractivity contribution in [2.24, 2.45) is 10.9 Å². The van der Waals surface area contributed by atoms with Gasteiger partial charge in [-0.1, -0.05) is 6.42 Å². The van der Waals surface area contributed by atoms with E-state index in [1.165, 1.54) is 0 Å². The van der Waals surface area contributed by atoms with E-state index < -0.39 is 23.8 Å². The minimum atomic E-state index is -4.47. The second-order valence-corrected chi connectivity index (χ2v) is 3.59. The molecule has 1 saturated carbocycles. The Morgan fingerprint density at radius 1 is 1.36 bits per heavy atom. The molecule has 78 valence electrons. The number of hydrogen-bond donors (Lipinski definition) is 1. The lowest BCUT2D eigenvalue weighted by Gasteiger charge is -2.27. The highest BCUT2D eigenvalue weighted by Gasteiger charge is 2.48. The first-order valence-corrected chi connectivity index (χ1v) is 4.45. The summed E-state index contributed by atoms with van der Waals surface area (Å²) < 4.78 is 37.3. The van der Waals surface area contributed by atoms with E-state index in [1.54, 1.807) is 0 Å². The molecule has 0 saturated heterocycles. The van der Waals surface area contributed by atoms with Crippen molar-refractivity contribution in [2.75, 3.05) is 0 Å². The fourth-order valence-corrected chi connectivity index (χ4v) is 2.12. The van der Waals surface area contributed by atoms with E-state index in [0.29, 0.717) is 19.3 Å². The topological polar surface area (TPSA) is 41.5 Å². The summed E-state index contributed by atoms with van der Waals surface area (Å²) in [6, 6.07) is -1.22. The fourth-order valence-electron chi connectivity index (χ4n) is 2.12. The number of carbonyl (C=O) groups is 1. The molecule has 0 aromatic heterocycles. The molecule has 2 atom stereocenters. The highest BCUT2D eigenvalue weighted by molar-refractivity contribution is 6.02. The van der Waals surface area contributed by atoms with Crippen LogP contribution >= 0.6 is 0 Å². The van der Waals surface area contributed by atoms with E-state index in [9.17, 15) is 18.0 Å². The van der Waals surface area contributed by atoms with Crippen LogP contribution in [-0.4, -0.2) is 24.0 Å². The molecule has 2 amide bonds. The Kier molecular flexibility index (Phi) is 2.01. The number of rotatable bonds is 0. The first-order chi connectivity index (χ1) is 6.48. The van der Waals surface area contributed by atoms with Gasteiger partial charge in [-0.25, -0.2) is 4.79 Å². The van der Waals surface area contributed by atoms with Gasteiger partial charge < -0.3 is 5.32 Å². The molecule has 1 aliphatic heterocycles. The zero-order valence-corrected chi connectivity index (χ0v) is 7.27. The number of nitrogens with zero attached hydrogens (tertiary/aromatic N) is 1. The van der Waals surface area contributed by atoms with Gasteiger partial charge in [-0.15, -0.1) is 0 Å². The number of alkyl halides is 3. The maximum atomic E-state index is 12.4. The Balaban J connectivity index is 2.32. The maximum absolute atomic E-state index is 12.4. The first kappa shape index (κ1) is 9.48. The van der Waals surface area contributed by atoms with Crippen LogP contribution in [-0.2, 0) is 0 Å². The number of carbonyl (C=O) groups excluding carboxylic acids is 1. The van der Waals surface area contributed by atoms with Gasteiger partial charge in [0.05, 0.1) is 0 Å². The smallest absolute Gasteiger partial charge is 0.333 e. The van der Waals surface area contributed by atoms with Gasteiger partial charge in [0.15, 0.2) is 0 Å². The van der Waals surface area contributed by atoms with Crippen molar-refractivity contribution < 1.29 is 18.0 Å². The van der Waals surface area contributed by atoms with Gasteiger partial charge in [0.1, 0.15) is 5.71 Å². The summed E-state index contributed by atoms with van der Waals surface area (Å²) in [5.41, 5.74) is -0.899. The zero-order valence-electron chi connectivity index (χ0n) is 7.27. The van der Waals surface area contributed by atoms with Crippen LogP contribution < -0.4 is 5.32 Å². The SMILES string of the molecule is O=C1N=C(C(F)(F)F)C2CCCC2N1. The molecule has 0 spiro atoms. The van der Waals surface area contributed by atoms with Crippen molar-refractivity contribution in [3.63, 3.8) is 0 Å². The summed E-state index contributed by atoms with van der Waals surface area (Å²) in [4.78, 5) is 13.9. The second kappa shape index (κ2) is 2.96. The number of nitrogens with one attached hydrogen (secondary N) is 1. The van der Waals surface area contributed by atoms with Gasteiger partial charge in [0.25, 0.3) is 0 Å². The van der Waals surface area contributed by atoms with E-state index >= 15 is 0 Å². The van der Waals surface area contributed by atoms with Gasteiger partial charge in [0, 0.05) is 12.0 Å². The number of fused-ring (bicyclic) bond motifs is 1. The third-order valence-corrected chi connectivity index (χ3v) is 2.69. The van der Waals surface area contributed by atoms with Crippen molar-refractivity contribution in [3.05, 3.63) is 0 Å². The van der Waals surface area contributed by atoms with Crippen LogP contribution in [0, 0.1) is 5.92 Å². The molecule has 1 fully saturated rings. The molecule has 0 radical (unpaired) electrons. The summed E-state index contributed by atoms with van der Waals surface area (Å²) in [5.74, 6) is -0.632. The molecule has 0 bridgehead atoms. The van der Waals surface area contributed by atoms with E-state index in [-0.39, 0.29) is 6.04 Å². The number of aliphatic imine (C=N–C) groups is 1. The van der Waals surface area contributed by atoms with E-state index in [2.05, 4.69) is 10.3 Å². The Bertz CT molecular complexity index is 297. The Morgan fingerprint density at radius 2 is 2.07 bits per heavy atom. The van der Waals surface area contributed by atoms with E-state index in [4.69, 9.17) is 0 Å². The number of halogens is 3. The molecule has 6 heteroatoms. The average Bonchev–Trinajstić information content (AvgIpc) is 2.47. The minimum Gasteiger partial charge on any atom is -0.333 e. The summed E-state index contributed by atoms with van der Waals surface area (Å²) in [7, 11) is 0. The molecule has 1 N–H and O–H groups in total. The van der Waals surface area contributed by atoms with Crippen molar-refractivity contribution in [3.8, 4) is 0 Å². The number of urea groups is 1. The zero-order chi connectivity index (χ0) is 10.3. The van der Waals surface area contributed by atoms with Crippen molar-refractivity contribution in [1.82, 2.24) is 5.32 Å². The van der Waals surface area contributed by atoms with Crippen LogP contribution in [0.25, 0.3) is 0 Å². The summed E-state index contributed by atoms with van der Waals surface area (Å²) in [6.45, 7) is 0. The van der Waals surface area contributed by atoms with Crippen LogP contribution in [0.2, 0.25) is 0 Å². The van der Waals surface area contributed by atoms with Crippen LogP contribution in [0.15, 0.2) is 4.99 Å². The standard InChI is InChI=1S/C8H9F3N2O/c9-8(10,11)6-4-2-1-3-5(4)12-7(14)13-6/h4-5H,1-3H2,(H,12,14). The molecular formula is C8H9F3N2O. The molecule has 0 aromatic carbocycles. The maximum Gasteiger partial charge on any atom is 0.430 e. The summed E-state index contributed by atoms with van der Waals surface area (Å²) in [6.07, 6.45) is -2.68. The molecule has 3 nitrogen and oxygen atoms in total. The number of hydrogen-bond acceptors (Lipinski definition) is 1. The van der Waals surface area contributed by atoms with E-state index in [1.807, 2.05) is 0 Å². The third-order valence-electron chi connectivity index (χ3n) is 2.69. The molecule has 14 heavy (non-hydrogen) atoms. The van der Waals surface area contributed by atoms with Gasteiger partial charge in [-0.2, -0.15) is 18.2 Å². The lowest BCUT2D eigenvalue weighted by atomic mass is 9.95. The lowest BCUT2D eigenvalue weighted by molar-refractivity contribution is -0.0637. The Labute approximate surface area is 78.4 Å². The molecule has 2 rings (SSSR count). The Morgan fingerprint density at radius 3 is 2.71 bits per heavy atom. The molecule has 1 heterocycles. The highest BCUT2D eigenvalue weighted by atomic mass is 19.4. The highest BCUT2D eigenvalue weighted by Crippen LogP contribution is 2.35. The van der Waals surface area contributed by atoms with Crippen LogP contribution in [0.1, 0.15) is 19.3 Å². The monoisotopic (exact) mass is 206 g/mol. The Hall–Kier alpha value is -1.07. The molecule has 2 unspecified atom stereocenters. The summed E-state index contributed by atoms with van der Waals surface area (Å²) >= 11 is 0. The quantitative estimate of drug-likeness (QED) is 0.646. The largest absolute Gasteiger partial charge is 0.430 e. The second-order valence-electron chi connectivity index (χ2n) is 3.59. The van der Waals surface area contributed by atoms with Crippen molar-refractivity contribution in [2.45, 2.75) is 31.5 Å². The number of amides is 2. The predicted octanol–water partition coefficient (Wildman–Crippen LogP) is 1.88. The van der Waals surface area contributed by atoms with Gasteiger partial charge >= 0.3 is 12.2 Å². The van der Waals surface area contributed by atoms with Crippen LogP contribution in [0.3, 0.4) is 0 Å². The molecular weight excluding hydrogens is 197 g/mol. The fraction of sp³-hybridized carbons (Fsp3) is 0.750. The van der Waals surface area contributed by atoms with E-state index in [0.717, 1.165) is 0 Å². The van der Waals surface area contributed by atoms with Gasteiger partial charge in [0.2, 0.25) is 0 Å². The van der Waals surface area contributed by atoms with Crippen molar-refractivity contribution in [1.29, 1.82) is 0 Å². The van der Waals surface area contributed by atoms with Gasteiger partial charge in [-0.05, 0) is 12.8 Å². The minimum absolute atomic E-state index is 0.364. The first-order valence-electron chi connectivity index (χ1n) is 4.45. The average molecular weight is 206 g/mol. The van der Waals surface area contributed by atoms with Crippen LogP contribution in [0.5, 0.6) is 0 Å². The third kappa shape index (κ3) is 1.49. The lowest BCUT2D eigenvalue weighted by Crippen LogP contribution is -2.48. The van der Waals surface area contributed by atoms with Gasteiger partial charge in [-0.3, -0.25) is 0 Å².